The minimum absolute atomic E-state index is 0.128. The first kappa shape index (κ1) is 18.8. The van der Waals surface area contributed by atoms with Gasteiger partial charge in [0.25, 0.3) is 5.91 Å². The van der Waals surface area contributed by atoms with Crippen LogP contribution in [0.1, 0.15) is 15.9 Å². The summed E-state index contributed by atoms with van der Waals surface area (Å²) in [6.45, 7) is 3.43. The van der Waals surface area contributed by atoms with Gasteiger partial charge >= 0.3 is 5.97 Å². The molecule has 27 heavy (non-hydrogen) atoms. The predicted molar refractivity (Wildman–Crippen MR) is 100.0 cm³/mol. The van der Waals surface area contributed by atoms with Gasteiger partial charge in [0.1, 0.15) is 18.8 Å². The van der Waals surface area contributed by atoms with Crippen molar-refractivity contribution in [3.63, 3.8) is 0 Å². The van der Waals surface area contributed by atoms with E-state index in [-0.39, 0.29) is 5.91 Å². The van der Waals surface area contributed by atoms with Crippen LogP contribution < -0.4 is 15.1 Å². The van der Waals surface area contributed by atoms with Crippen molar-refractivity contribution in [2.24, 2.45) is 5.10 Å². The van der Waals surface area contributed by atoms with Gasteiger partial charge in [0.2, 0.25) is 0 Å². The second-order valence-corrected chi connectivity index (χ2v) is 6.16. The number of hydrogen-bond donors (Lipinski definition) is 2. The third kappa shape index (κ3) is 6.02. The summed E-state index contributed by atoms with van der Waals surface area (Å²) < 4.78 is 10.6. The van der Waals surface area contributed by atoms with Crippen LogP contribution in [0.25, 0.3) is 0 Å². The smallest absolute Gasteiger partial charge is 0.343 e. The Morgan fingerprint density at radius 2 is 1.78 bits per heavy atom. The molecule has 0 spiro atoms. The first-order chi connectivity index (χ1) is 13.2. The molecule has 1 aliphatic heterocycles. The summed E-state index contributed by atoms with van der Waals surface area (Å²) in [6.07, 6.45) is 1.55. The fourth-order valence-corrected chi connectivity index (χ4v) is 2.64. The highest BCUT2D eigenvalue weighted by atomic mass is 16.5. The Morgan fingerprint density at radius 1 is 1.07 bits per heavy atom. The highest BCUT2D eigenvalue weighted by Gasteiger charge is 2.17. The molecule has 2 aromatic carbocycles. The second kappa shape index (κ2) is 9.61. The first-order valence-corrected chi connectivity index (χ1v) is 8.81. The molecule has 2 aromatic rings. The van der Waals surface area contributed by atoms with E-state index in [9.17, 15) is 9.59 Å². The third-order valence-corrected chi connectivity index (χ3v) is 4.11. The molecule has 1 heterocycles. The summed E-state index contributed by atoms with van der Waals surface area (Å²) in [6, 6.07) is 15.7. The van der Waals surface area contributed by atoms with Gasteiger partial charge in [-0.25, -0.2) is 10.2 Å². The van der Waals surface area contributed by atoms with E-state index in [1.54, 1.807) is 54.7 Å². The van der Waals surface area contributed by atoms with E-state index in [2.05, 4.69) is 10.5 Å². The Balaban J connectivity index is 1.46. The lowest BCUT2D eigenvalue weighted by Gasteiger charge is -2.22. The number of rotatable bonds is 6. The Kier molecular flexibility index (Phi) is 6.67. The summed E-state index contributed by atoms with van der Waals surface area (Å²) in [4.78, 5) is 25.1. The van der Waals surface area contributed by atoms with E-state index in [1.165, 1.54) is 4.90 Å². The van der Waals surface area contributed by atoms with E-state index in [0.717, 1.165) is 18.7 Å². The Bertz CT molecular complexity index is 785. The fourth-order valence-electron chi connectivity index (χ4n) is 2.64. The van der Waals surface area contributed by atoms with E-state index < -0.39 is 5.97 Å². The number of carbonyl (C=O) groups is 2. The van der Waals surface area contributed by atoms with Crippen molar-refractivity contribution in [2.75, 3.05) is 32.8 Å². The molecule has 0 radical (unpaired) electrons. The zero-order valence-electron chi connectivity index (χ0n) is 14.9. The minimum Gasteiger partial charge on any atom is -0.423 e. The topological polar surface area (TPSA) is 81.4 Å². The van der Waals surface area contributed by atoms with Crippen molar-refractivity contribution in [2.45, 2.75) is 0 Å². The van der Waals surface area contributed by atoms with Crippen LogP contribution in [0.15, 0.2) is 59.7 Å². The molecule has 7 nitrogen and oxygen atoms in total. The number of morpholine rings is 1. The van der Waals surface area contributed by atoms with Gasteiger partial charge in [-0.15, -0.1) is 0 Å². The van der Waals surface area contributed by atoms with Gasteiger partial charge in [0.15, 0.2) is 6.54 Å². The number of quaternary nitrogens is 1. The zero-order valence-corrected chi connectivity index (χ0v) is 14.9. The number of amides is 1. The maximum atomic E-state index is 12.0. The summed E-state index contributed by atoms with van der Waals surface area (Å²) in [7, 11) is 0. The van der Waals surface area contributed by atoms with Crippen LogP contribution in [0.2, 0.25) is 0 Å². The van der Waals surface area contributed by atoms with Crippen LogP contribution in [0.5, 0.6) is 5.75 Å². The highest BCUT2D eigenvalue weighted by Crippen LogP contribution is 2.13. The number of nitrogens with zero attached hydrogens (tertiary/aromatic N) is 1. The van der Waals surface area contributed by atoms with Crippen molar-refractivity contribution in [1.82, 2.24) is 5.43 Å². The number of benzene rings is 2. The fraction of sp³-hybridized carbons (Fsp3) is 0.250. The number of ether oxygens (including phenoxy) is 2. The molecule has 1 amide bonds. The van der Waals surface area contributed by atoms with Crippen LogP contribution in [0.4, 0.5) is 0 Å². The average Bonchev–Trinajstić information content (AvgIpc) is 2.71. The molecule has 0 saturated carbocycles. The number of carbonyl (C=O) groups excluding carboxylic acids is 2. The molecule has 0 aliphatic carbocycles. The maximum absolute atomic E-state index is 12.0. The normalized spacial score (nSPS) is 14.8. The molecule has 1 saturated heterocycles. The largest absolute Gasteiger partial charge is 0.423 e. The van der Waals surface area contributed by atoms with Gasteiger partial charge in [0, 0.05) is 0 Å². The van der Waals surface area contributed by atoms with Crippen molar-refractivity contribution >= 4 is 18.1 Å². The molecule has 0 bridgehead atoms. The van der Waals surface area contributed by atoms with E-state index in [4.69, 9.17) is 9.47 Å². The minimum atomic E-state index is -0.408. The Morgan fingerprint density at radius 3 is 2.48 bits per heavy atom. The Labute approximate surface area is 157 Å². The summed E-state index contributed by atoms with van der Waals surface area (Å²) in [5, 5.41) is 3.97. The molecule has 1 aliphatic rings. The molecule has 7 heteroatoms. The first-order valence-electron chi connectivity index (χ1n) is 8.81. The van der Waals surface area contributed by atoms with Crippen molar-refractivity contribution in [3.8, 4) is 5.75 Å². The standard InChI is InChI=1S/C20H21N3O4/c24-19(15-23-10-12-26-13-11-23)22-21-14-16-6-8-18(9-7-16)27-20(25)17-4-2-1-3-5-17/h1-9,14H,10-13,15H2,(H,22,24)/p+1/b21-14-. The maximum Gasteiger partial charge on any atom is 0.343 e. The molecule has 2 N–H and O–H groups in total. The molecule has 140 valence electrons. The average molecular weight is 368 g/mol. The molecule has 3 rings (SSSR count). The quantitative estimate of drug-likeness (QED) is 0.332. The van der Waals surface area contributed by atoms with Crippen molar-refractivity contribution < 1.29 is 24.0 Å². The number of hydrogen-bond acceptors (Lipinski definition) is 5. The molecule has 0 unspecified atom stereocenters. The van der Waals surface area contributed by atoms with Crippen LogP contribution in [0.3, 0.4) is 0 Å². The van der Waals surface area contributed by atoms with Gasteiger partial charge in [-0.3, -0.25) is 4.79 Å². The number of nitrogens with one attached hydrogen (secondary N) is 2. The zero-order chi connectivity index (χ0) is 18.9. The van der Waals surface area contributed by atoms with Gasteiger partial charge in [-0.1, -0.05) is 18.2 Å². The van der Waals surface area contributed by atoms with Crippen LogP contribution >= 0.6 is 0 Å². The third-order valence-electron chi connectivity index (χ3n) is 4.11. The van der Waals surface area contributed by atoms with Gasteiger partial charge in [0.05, 0.1) is 25.0 Å². The predicted octanol–water partition coefficient (Wildman–Crippen LogP) is 0.271. The monoisotopic (exact) mass is 368 g/mol. The highest BCUT2D eigenvalue weighted by molar-refractivity contribution is 5.91. The Hall–Kier alpha value is -3.03. The number of hydrazone groups is 1. The summed E-state index contributed by atoms with van der Waals surface area (Å²) >= 11 is 0. The lowest BCUT2D eigenvalue weighted by Crippen LogP contribution is -3.15. The second-order valence-electron chi connectivity index (χ2n) is 6.16. The SMILES string of the molecule is O=C(C[NH+]1CCOCC1)N/N=C\c1ccc(OC(=O)c2ccccc2)cc1. The molecule has 0 aromatic heterocycles. The summed E-state index contributed by atoms with van der Waals surface area (Å²) in [5.74, 6) is -0.0904. The molecular formula is C20H22N3O4+. The van der Waals surface area contributed by atoms with Gasteiger partial charge in [-0.2, -0.15) is 5.10 Å². The molecular weight excluding hydrogens is 346 g/mol. The van der Waals surface area contributed by atoms with Gasteiger partial charge < -0.3 is 14.4 Å². The van der Waals surface area contributed by atoms with E-state index in [1.807, 2.05) is 6.07 Å². The lowest BCUT2D eigenvalue weighted by molar-refractivity contribution is -0.900. The molecule has 0 atom stereocenters. The van der Waals surface area contributed by atoms with Crippen molar-refractivity contribution in [3.05, 3.63) is 65.7 Å². The van der Waals surface area contributed by atoms with Gasteiger partial charge in [-0.05, 0) is 42.0 Å². The van der Waals surface area contributed by atoms with Crippen molar-refractivity contribution in [1.29, 1.82) is 0 Å². The summed E-state index contributed by atoms with van der Waals surface area (Å²) in [5.41, 5.74) is 3.81. The van der Waals surface area contributed by atoms with E-state index >= 15 is 0 Å². The molecule has 1 fully saturated rings. The van der Waals surface area contributed by atoms with Crippen LogP contribution in [-0.4, -0.2) is 50.9 Å². The van der Waals surface area contributed by atoms with Crippen LogP contribution in [0, 0.1) is 0 Å². The van der Waals surface area contributed by atoms with Crippen LogP contribution in [-0.2, 0) is 9.53 Å². The lowest BCUT2D eigenvalue weighted by atomic mass is 10.2. The van der Waals surface area contributed by atoms with E-state index in [0.29, 0.717) is 31.1 Å². The number of esters is 1.